The summed E-state index contributed by atoms with van der Waals surface area (Å²) in [7, 11) is 0. The van der Waals surface area contributed by atoms with Crippen LogP contribution in [0.15, 0.2) is 6.07 Å². The summed E-state index contributed by atoms with van der Waals surface area (Å²) in [6.07, 6.45) is 1.89. The second-order valence-electron chi connectivity index (χ2n) is 3.49. The van der Waals surface area contributed by atoms with E-state index < -0.39 is 0 Å². The van der Waals surface area contributed by atoms with Crippen molar-refractivity contribution in [3.8, 4) is 0 Å². The third kappa shape index (κ3) is 3.47. The summed E-state index contributed by atoms with van der Waals surface area (Å²) in [6.45, 7) is 6.66. The van der Waals surface area contributed by atoms with Gasteiger partial charge in [-0.25, -0.2) is 9.97 Å². The standard InChI is InChI=1S/C11H19N3O/c1-4-6-9-7-10(12)14-11(13-9)8(3)15-5-2/h7-8H,4-6H2,1-3H3,(H2,12,13,14). The minimum absolute atomic E-state index is 0.0888. The van der Waals surface area contributed by atoms with Crippen molar-refractivity contribution >= 4 is 5.82 Å². The van der Waals surface area contributed by atoms with Crippen LogP contribution in [0, 0.1) is 0 Å². The maximum atomic E-state index is 5.72. The molecule has 0 aliphatic heterocycles. The van der Waals surface area contributed by atoms with E-state index in [4.69, 9.17) is 10.5 Å². The van der Waals surface area contributed by atoms with Crippen LogP contribution in [0.5, 0.6) is 0 Å². The van der Waals surface area contributed by atoms with Gasteiger partial charge >= 0.3 is 0 Å². The van der Waals surface area contributed by atoms with Gasteiger partial charge in [0.05, 0.1) is 0 Å². The predicted octanol–water partition coefficient (Wildman–Crippen LogP) is 2.11. The molecule has 0 saturated heterocycles. The normalized spacial score (nSPS) is 12.7. The Morgan fingerprint density at radius 2 is 2.13 bits per heavy atom. The Morgan fingerprint density at radius 3 is 2.73 bits per heavy atom. The van der Waals surface area contributed by atoms with Crippen LogP contribution < -0.4 is 5.73 Å². The van der Waals surface area contributed by atoms with Crippen LogP contribution in [0.3, 0.4) is 0 Å². The maximum Gasteiger partial charge on any atom is 0.159 e. The minimum Gasteiger partial charge on any atom is -0.384 e. The summed E-state index contributed by atoms with van der Waals surface area (Å²) in [5.41, 5.74) is 6.71. The lowest BCUT2D eigenvalue weighted by molar-refractivity contribution is 0.0700. The first-order chi connectivity index (χ1) is 7.17. The number of hydrogen-bond acceptors (Lipinski definition) is 4. The summed E-state index contributed by atoms with van der Waals surface area (Å²) in [5, 5.41) is 0. The van der Waals surface area contributed by atoms with Gasteiger partial charge in [0, 0.05) is 18.4 Å². The van der Waals surface area contributed by atoms with Gasteiger partial charge in [0.25, 0.3) is 0 Å². The van der Waals surface area contributed by atoms with Crippen LogP contribution in [-0.4, -0.2) is 16.6 Å². The molecule has 0 aliphatic rings. The van der Waals surface area contributed by atoms with E-state index in [2.05, 4.69) is 16.9 Å². The first-order valence-electron chi connectivity index (χ1n) is 5.42. The number of aromatic nitrogens is 2. The highest BCUT2D eigenvalue weighted by Crippen LogP contribution is 2.15. The Bertz CT molecular complexity index is 315. The lowest BCUT2D eigenvalue weighted by Crippen LogP contribution is -2.09. The summed E-state index contributed by atoms with van der Waals surface area (Å²) in [5.74, 6) is 1.20. The molecule has 0 bridgehead atoms. The van der Waals surface area contributed by atoms with Gasteiger partial charge in [0.2, 0.25) is 0 Å². The highest BCUT2D eigenvalue weighted by molar-refractivity contribution is 5.30. The minimum atomic E-state index is -0.0888. The van der Waals surface area contributed by atoms with Crippen molar-refractivity contribution in [3.63, 3.8) is 0 Å². The second kappa shape index (κ2) is 5.66. The van der Waals surface area contributed by atoms with Gasteiger partial charge in [-0.3, -0.25) is 0 Å². The number of nitrogens with two attached hydrogens (primary N) is 1. The van der Waals surface area contributed by atoms with Gasteiger partial charge in [-0.1, -0.05) is 13.3 Å². The van der Waals surface area contributed by atoms with E-state index in [0.29, 0.717) is 18.2 Å². The van der Waals surface area contributed by atoms with E-state index in [1.807, 2.05) is 19.9 Å². The molecule has 0 aromatic carbocycles. The topological polar surface area (TPSA) is 61.0 Å². The Balaban J connectivity index is 2.87. The van der Waals surface area contributed by atoms with E-state index in [0.717, 1.165) is 18.5 Å². The van der Waals surface area contributed by atoms with E-state index >= 15 is 0 Å². The van der Waals surface area contributed by atoms with Crippen molar-refractivity contribution in [2.45, 2.75) is 39.7 Å². The monoisotopic (exact) mass is 209 g/mol. The number of anilines is 1. The van der Waals surface area contributed by atoms with Gasteiger partial charge in [0.15, 0.2) is 5.82 Å². The molecule has 1 unspecified atom stereocenters. The summed E-state index contributed by atoms with van der Waals surface area (Å²) in [4.78, 5) is 8.60. The SMILES string of the molecule is CCCc1cc(N)nc(C(C)OCC)n1. The van der Waals surface area contributed by atoms with Gasteiger partial charge in [-0.05, 0) is 20.3 Å². The first-order valence-corrected chi connectivity index (χ1v) is 5.42. The molecule has 84 valence electrons. The molecule has 1 heterocycles. The van der Waals surface area contributed by atoms with Gasteiger partial charge in [-0.2, -0.15) is 0 Å². The van der Waals surface area contributed by atoms with Crippen LogP contribution in [0.4, 0.5) is 5.82 Å². The molecule has 0 fully saturated rings. The van der Waals surface area contributed by atoms with Crippen LogP contribution in [0.25, 0.3) is 0 Å². The third-order valence-electron chi connectivity index (χ3n) is 2.10. The van der Waals surface area contributed by atoms with Crippen molar-refractivity contribution in [1.82, 2.24) is 9.97 Å². The Kier molecular flexibility index (Phi) is 4.49. The smallest absolute Gasteiger partial charge is 0.159 e. The fourth-order valence-electron chi connectivity index (χ4n) is 1.43. The van der Waals surface area contributed by atoms with Gasteiger partial charge in [0.1, 0.15) is 11.9 Å². The van der Waals surface area contributed by atoms with E-state index in [1.54, 1.807) is 0 Å². The zero-order chi connectivity index (χ0) is 11.3. The van der Waals surface area contributed by atoms with Crippen molar-refractivity contribution in [3.05, 3.63) is 17.6 Å². The highest BCUT2D eigenvalue weighted by atomic mass is 16.5. The number of hydrogen-bond donors (Lipinski definition) is 1. The average molecular weight is 209 g/mol. The number of nitrogens with zero attached hydrogens (tertiary/aromatic N) is 2. The predicted molar refractivity (Wildman–Crippen MR) is 60.5 cm³/mol. The molecule has 4 heteroatoms. The van der Waals surface area contributed by atoms with Crippen LogP contribution in [-0.2, 0) is 11.2 Å². The Hall–Kier alpha value is -1.16. The van der Waals surface area contributed by atoms with Crippen LogP contribution in [0.2, 0.25) is 0 Å². The molecule has 1 aromatic rings. The molecular formula is C11H19N3O. The quantitative estimate of drug-likeness (QED) is 0.806. The number of nitrogen functional groups attached to an aromatic ring is 1. The fourth-order valence-corrected chi connectivity index (χ4v) is 1.43. The average Bonchev–Trinajstić information content (AvgIpc) is 2.17. The number of aryl methyl sites for hydroxylation is 1. The fraction of sp³-hybridized carbons (Fsp3) is 0.636. The molecule has 0 saturated carbocycles. The third-order valence-corrected chi connectivity index (χ3v) is 2.10. The number of ether oxygens (including phenoxy) is 1. The van der Waals surface area contributed by atoms with E-state index in [-0.39, 0.29) is 6.10 Å². The highest BCUT2D eigenvalue weighted by Gasteiger charge is 2.10. The summed E-state index contributed by atoms with van der Waals surface area (Å²) in [6, 6.07) is 1.83. The molecule has 0 spiro atoms. The Labute approximate surface area is 90.9 Å². The summed E-state index contributed by atoms with van der Waals surface area (Å²) < 4.78 is 5.44. The van der Waals surface area contributed by atoms with E-state index in [1.165, 1.54) is 0 Å². The zero-order valence-electron chi connectivity index (χ0n) is 9.66. The molecular weight excluding hydrogens is 190 g/mol. The molecule has 1 aromatic heterocycles. The van der Waals surface area contributed by atoms with Crippen LogP contribution in [0.1, 0.15) is 44.8 Å². The maximum absolute atomic E-state index is 5.72. The molecule has 2 N–H and O–H groups in total. The van der Waals surface area contributed by atoms with Gasteiger partial charge in [-0.15, -0.1) is 0 Å². The largest absolute Gasteiger partial charge is 0.384 e. The zero-order valence-corrected chi connectivity index (χ0v) is 9.66. The molecule has 0 radical (unpaired) electrons. The van der Waals surface area contributed by atoms with Crippen molar-refractivity contribution in [1.29, 1.82) is 0 Å². The summed E-state index contributed by atoms with van der Waals surface area (Å²) >= 11 is 0. The molecule has 1 rings (SSSR count). The van der Waals surface area contributed by atoms with E-state index in [9.17, 15) is 0 Å². The van der Waals surface area contributed by atoms with Crippen molar-refractivity contribution < 1.29 is 4.74 Å². The number of rotatable bonds is 5. The molecule has 15 heavy (non-hydrogen) atoms. The molecule has 1 atom stereocenters. The Morgan fingerprint density at radius 1 is 1.40 bits per heavy atom. The molecule has 0 aliphatic carbocycles. The lowest BCUT2D eigenvalue weighted by Gasteiger charge is -2.11. The molecule has 4 nitrogen and oxygen atoms in total. The lowest BCUT2D eigenvalue weighted by atomic mass is 10.2. The first kappa shape index (κ1) is 11.9. The van der Waals surface area contributed by atoms with Gasteiger partial charge < -0.3 is 10.5 Å². The molecule has 0 amide bonds. The second-order valence-corrected chi connectivity index (χ2v) is 3.49. The van der Waals surface area contributed by atoms with Crippen molar-refractivity contribution in [2.75, 3.05) is 12.3 Å². The van der Waals surface area contributed by atoms with Crippen LogP contribution >= 0.6 is 0 Å². The van der Waals surface area contributed by atoms with Crippen molar-refractivity contribution in [2.24, 2.45) is 0 Å².